The van der Waals surface area contributed by atoms with Crippen LogP contribution in [-0.2, 0) is 11.3 Å². The third kappa shape index (κ3) is 4.07. The number of para-hydroxylation sites is 2. The van der Waals surface area contributed by atoms with Crippen LogP contribution in [0.3, 0.4) is 0 Å². The summed E-state index contributed by atoms with van der Waals surface area (Å²) in [6, 6.07) is 24.2. The van der Waals surface area contributed by atoms with E-state index in [4.69, 9.17) is 4.74 Å². The van der Waals surface area contributed by atoms with Gasteiger partial charge >= 0.3 is 0 Å². The molecule has 0 aliphatic rings. The number of rotatable bonds is 6. The Balaban J connectivity index is 1.64. The van der Waals surface area contributed by atoms with Crippen LogP contribution in [0.5, 0.6) is 5.75 Å². The number of nitrogens with zero attached hydrogens (tertiary/aromatic N) is 2. The van der Waals surface area contributed by atoms with Crippen LogP contribution in [0.4, 0.5) is 0 Å². The average molecular weight is 399 g/mol. The number of aromatic nitrogens is 2. The maximum atomic E-state index is 13.0. The molecule has 6 nitrogen and oxygen atoms in total. The molecule has 0 saturated carbocycles. The molecule has 1 atom stereocenters. The Hall–Kier alpha value is -3.93. The van der Waals surface area contributed by atoms with E-state index in [1.165, 1.54) is 10.8 Å². The number of fused-ring (bicyclic) bond motifs is 1. The molecule has 150 valence electrons. The molecule has 1 amide bonds. The molecule has 0 radical (unpaired) electrons. The molecular weight excluding hydrogens is 378 g/mol. The van der Waals surface area contributed by atoms with Gasteiger partial charge in [0.15, 0.2) is 0 Å². The second-order valence-corrected chi connectivity index (χ2v) is 6.86. The lowest BCUT2D eigenvalue weighted by Crippen LogP contribution is -2.35. The molecule has 0 bridgehead atoms. The molecule has 0 unspecified atom stereocenters. The standard InChI is InChI=1S/C24H21N3O3/c1-30-19-13-11-18(12-14-19)24(17-7-3-2-4-8-17)26-22(28)16-27-21-10-6-5-9-20(21)25-15-23(27)29/h2-15,24H,16H2,1H3,(H,26,28)/t24-/m1/s1. The van der Waals surface area contributed by atoms with Crippen molar-refractivity contribution >= 4 is 16.9 Å². The highest BCUT2D eigenvalue weighted by molar-refractivity contribution is 5.80. The molecule has 0 fully saturated rings. The predicted molar refractivity (Wildman–Crippen MR) is 115 cm³/mol. The number of carbonyl (C=O) groups is 1. The van der Waals surface area contributed by atoms with E-state index >= 15 is 0 Å². The topological polar surface area (TPSA) is 73.2 Å². The minimum atomic E-state index is -0.353. The van der Waals surface area contributed by atoms with Crippen molar-refractivity contribution in [3.8, 4) is 5.75 Å². The summed E-state index contributed by atoms with van der Waals surface area (Å²) in [6.07, 6.45) is 1.24. The first kappa shape index (κ1) is 19.4. The summed E-state index contributed by atoms with van der Waals surface area (Å²) < 4.78 is 6.68. The summed E-state index contributed by atoms with van der Waals surface area (Å²) in [7, 11) is 1.61. The third-order valence-electron chi connectivity index (χ3n) is 4.94. The van der Waals surface area contributed by atoms with Crippen LogP contribution >= 0.6 is 0 Å². The van der Waals surface area contributed by atoms with Gasteiger partial charge in [-0.25, -0.2) is 4.98 Å². The van der Waals surface area contributed by atoms with Gasteiger partial charge in [0.05, 0.1) is 30.4 Å². The van der Waals surface area contributed by atoms with Gasteiger partial charge in [0.2, 0.25) is 5.91 Å². The zero-order valence-corrected chi connectivity index (χ0v) is 16.5. The number of amides is 1. The number of hydrogen-bond donors (Lipinski definition) is 1. The van der Waals surface area contributed by atoms with E-state index < -0.39 is 0 Å². The van der Waals surface area contributed by atoms with Gasteiger partial charge in [-0.05, 0) is 35.4 Å². The SMILES string of the molecule is COc1ccc([C@H](NC(=O)Cn2c(=O)cnc3ccccc32)c2ccccc2)cc1. The Bertz CT molecular complexity index is 1220. The second-order valence-electron chi connectivity index (χ2n) is 6.86. The molecule has 1 aromatic heterocycles. The second kappa shape index (κ2) is 8.61. The molecule has 30 heavy (non-hydrogen) atoms. The summed E-state index contributed by atoms with van der Waals surface area (Å²) in [6.45, 7) is -0.0959. The first-order valence-corrected chi connectivity index (χ1v) is 9.58. The molecule has 6 heteroatoms. The number of hydrogen-bond acceptors (Lipinski definition) is 4. The lowest BCUT2D eigenvalue weighted by atomic mass is 9.98. The van der Waals surface area contributed by atoms with Crippen LogP contribution < -0.4 is 15.6 Å². The Kier molecular flexibility index (Phi) is 5.57. The van der Waals surface area contributed by atoms with E-state index in [0.717, 1.165) is 16.9 Å². The molecule has 4 rings (SSSR count). The van der Waals surface area contributed by atoms with Crippen LogP contribution in [0.1, 0.15) is 17.2 Å². The normalized spacial score (nSPS) is 11.8. The molecular formula is C24H21N3O3. The van der Waals surface area contributed by atoms with Crippen molar-refractivity contribution in [1.29, 1.82) is 0 Å². The first-order valence-electron chi connectivity index (χ1n) is 9.58. The van der Waals surface area contributed by atoms with Crippen LogP contribution in [0.2, 0.25) is 0 Å². The number of methoxy groups -OCH3 is 1. The van der Waals surface area contributed by atoms with E-state index in [9.17, 15) is 9.59 Å². The fourth-order valence-corrected chi connectivity index (χ4v) is 3.43. The number of ether oxygens (including phenoxy) is 1. The van der Waals surface area contributed by atoms with Gasteiger partial charge in [0, 0.05) is 0 Å². The highest BCUT2D eigenvalue weighted by Crippen LogP contribution is 2.24. The fraction of sp³-hybridized carbons (Fsp3) is 0.125. The van der Waals surface area contributed by atoms with Crippen LogP contribution in [0.25, 0.3) is 11.0 Å². The van der Waals surface area contributed by atoms with Crippen LogP contribution in [0, 0.1) is 0 Å². The molecule has 1 N–H and O–H groups in total. The van der Waals surface area contributed by atoms with Crippen molar-refractivity contribution in [1.82, 2.24) is 14.9 Å². The van der Waals surface area contributed by atoms with E-state index in [-0.39, 0.29) is 24.1 Å². The average Bonchev–Trinajstić information content (AvgIpc) is 2.80. The Morgan fingerprint density at radius 2 is 1.63 bits per heavy atom. The summed E-state index contributed by atoms with van der Waals surface area (Å²) >= 11 is 0. The van der Waals surface area contributed by atoms with Crippen molar-refractivity contribution in [2.24, 2.45) is 0 Å². The first-order chi connectivity index (χ1) is 14.7. The Morgan fingerprint density at radius 3 is 2.37 bits per heavy atom. The summed E-state index contributed by atoms with van der Waals surface area (Å²) in [4.78, 5) is 29.5. The van der Waals surface area contributed by atoms with Crippen molar-refractivity contribution < 1.29 is 9.53 Å². The molecule has 0 aliphatic heterocycles. The van der Waals surface area contributed by atoms with Gasteiger partial charge in [0.1, 0.15) is 12.3 Å². The van der Waals surface area contributed by atoms with Gasteiger partial charge in [-0.1, -0.05) is 54.6 Å². The lowest BCUT2D eigenvalue weighted by molar-refractivity contribution is -0.122. The molecule has 0 saturated heterocycles. The van der Waals surface area contributed by atoms with Crippen LogP contribution in [0.15, 0.2) is 89.9 Å². The monoisotopic (exact) mass is 399 g/mol. The van der Waals surface area contributed by atoms with Gasteiger partial charge < -0.3 is 10.1 Å². The minimum Gasteiger partial charge on any atom is -0.497 e. The number of nitrogens with one attached hydrogen (secondary N) is 1. The predicted octanol–water partition coefficient (Wildman–Crippen LogP) is 3.31. The quantitative estimate of drug-likeness (QED) is 0.540. The summed E-state index contributed by atoms with van der Waals surface area (Å²) in [5, 5.41) is 3.07. The molecule has 4 aromatic rings. The maximum Gasteiger partial charge on any atom is 0.269 e. The highest BCUT2D eigenvalue weighted by Gasteiger charge is 2.18. The minimum absolute atomic E-state index is 0.0959. The van der Waals surface area contributed by atoms with E-state index in [1.54, 1.807) is 13.2 Å². The Morgan fingerprint density at radius 1 is 0.967 bits per heavy atom. The van der Waals surface area contributed by atoms with Crippen molar-refractivity contribution in [3.05, 3.63) is 107 Å². The van der Waals surface area contributed by atoms with Gasteiger partial charge in [0.25, 0.3) is 5.56 Å². The Labute approximate surface area is 173 Å². The van der Waals surface area contributed by atoms with Crippen LogP contribution in [-0.4, -0.2) is 22.6 Å². The number of benzene rings is 3. The largest absolute Gasteiger partial charge is 0.497 e. The van der Waals surface area contributed by atoms with Crippen molar-refractivity contribution in [2.75, 3.05) is 7.11 Å². The summed E-state index contributed by atoms with van der Waals surface area (Å²) in [5.41, 5.74) is 2.84. The van der Waals surface area contributed by atoms with E-state index in [1.807, 2.05) is 72.8 Å². The van der Waals surface area contributed by atoms with E-state index in [0.29, 0.717) is 11.0 Å². The van der Waals surface area contributed by atoms with Gasteiger partial charge in [-0.15, -0.1) is 0 Å². The summed E-state index contributed by atoms with van der Waals surface area (Å²) in [5.74, 6) is 0.477. The zero-order valence-electron chi connectivity index (χ0n) is 16.5. The molecule has 3 aromatic carbocycles. The highest BCUT2D eigenvalue weighted by atomic mass is 16.5. The fourth-order valence-electron chi connectivity index (χ4n) is 3.43. The lowest BCUT2D eigenvalue weighted by Gasteiger charge is -2.21. The molecule has 0 spiro atoms. The molecule has 0 aliphatic carbocycles. The van der Waals surface area contributed by atoms with Crippen molar-refractivity contribution in [2.45, 2.75) is 12.6 Å². The van der Waals surface area contributed by atoms with Crippen molar-refractivity contribution in [3.63, 3.8) is 0 Å². The van der Waals surface area contributed by atoms with E-state index in [2.05, 4.69) is 10.3 Å². The number of carbonyl (C=O) groups excluding carboxylic acids is 1. The van der Waals surface area contributed by atoms with Gasteiger partial charge in [-0.2, -0.15) is 0 Å². The third-order valence-corrected chi connectivity index (χ3v) is 4.94. The van der Waals surface area contributed by atoms with Gasteiger partial charge in [-0.3, -0.25) is 14.2 Å². The smallest absolute Gasteiger partial charge is 0.269 e. The maximum absolute atomic E-state index is 13.0. The zero-order chi connectivity index (χ0) is 20.9. The molecule has 1 heterocycles.